The minimum Gasteiger partial charge on any atom is -0.497 e. The Balaban J connectivity index is 1.92. The predicted molar refractivity (Wildman–Crippen MR) is 86.2 cm³/mol. The Hall–Kier alpha value is -1.81. The first-order valence-corrected chi connectivity index (χ1v) is 7.79. The van der Waals surface area contributed by atoms with E-state index in [4.69, 9.17) is 4.74 Å². The SMILES string of the molecule is COc1ccc(C(Br)c2ccc3c(c2)C(=O)NCC3)cc1. The number of ether oxygens (including phenoxy) is 1. The fourth-order valence-corrected chi connectivity index (χ4v) is 3.14. The lowest BCUT2D eigenvalue weighted by Gasteiger charge is -2.19. The highest BCUT2D eigenvalue weighted by Gasteiger charge is 2.19. The molecule has 108 valence electrons. The number of alkyl halides is 1. The molecule has 0 saturated carbocycles. The van der Waals surface area contributed by atoms with E-state index in [0.29, 0.717) is 0 Å². The third-order valence-corrected chi connectivity index (χ3v) is 4.82. The molecule has 3 nitrogen and oxygen atoms in total. The van der Waals surface area contributed by atoms with Crippen molar-refractivity contribution in [2.24, 2.45) is 0 Å². The van der Waals surface area contributed by atoms with Crippen LogP contribution >= 0.6 is 15.9 Å². The van der Waals surface area contributed by atoms with Crippen LogP contribution in [-0.2, 0) is 6.42 Å². The van der Waals surface area contributed by atoms with Crippen LogP contribution in [0.5, 0.6) is 5.75 Å². The van der Waals surface area contributed by atoms with Crippen LogP contribution in [0.3, 0.4) is 0 Å². The standard InChI is InChI=1S/C17H16BrNO2/c1-21-14-6-4-12(5-7-14)16(18)13-3-2-11-8-9-19-17(20)15(11)10-13/h2-7,10,16H,8-9H2,1H3,(H,19,20). The summed E-state index contributed by atoms with van der Waals surface area (Å²) in [6.45, 7) is 0.724. The molecule has 4 heteroatoms. The zero-order chi connectivity index (χ0) is 14.8. The molecule has 0 fully saturated rings. The van der Waals surface area contributed by atoms with Crippen LogP contribution in [0.15, 0.2) is 42.5 Å². The van der Waals surface area contributed by atoms with E-state index in [0.717, 1.165) is 41.0 Å². The monoisotopic (exact) mass is 345 g/mol. The third kappa shape index (κ3) is 2.81. The molecular weight excluding hydrogens is 330 g/mol. The number of hydrogen-bond donors (Lipinski definition) is 1. The Kier molecular flexibility index (Phi) is 3.97. The molecule has 2 aromatic carbocycles. The van der Waals surface area contributed by atoms with Gasteiger partial charge in [-0.15, -0.1) is 0 Å². The van der Waals surface area contributed by atoms with Crippen molar-refractivity contribution >= 4 is 21.8 Å². The molecule has 0 aliphatic carbocycles. The first-order valence-electron chi connectivity index (χ1n) is 6.88. The average Bonchev–Trinajstić information content (AvgIpc) is 2.54. The Morgan fingerprint density at radius 1 is 1.14 bits per heavy atom. The van der Waals surface area contributed by atoms with Crippen molar-refractivity contribution in [3.8, 4) is 5.75 Å². The van der Waals surface area contributed by atoms with E-state index in [2.05, 4.69) is 33.4 Å². The fourth-order valence-electron chi connectivity index (χ4n) is 2.55. The number of amides is 1. The maximum absolute atomic E-state index is 11.9. The normalized spacial score (nSPS) is 15.0. The van der Waals surface area contributed by atoms with Gasteiger partial charge in [0.15, 0.2) is 0 Å². The van der Waals surface area contributed by atoms with Crippen LogP contribution in [0, 0.1) is 0 Å². The van der Waals surface area contributed by atoms with Gasteiger partial charge in [0.2, 0.25) is 0 Å². The van der Waals surface area contributed by atoms with Crippen molar-refractivity contribution in [3.05, 3.63) is 64.7 Å². The number of carbonyl (C=O) groups excluding carboxylic acids is 1. The van der Waals surface area contributed by atoms with Crippen LogP contribution in [-0.4, -0.2) is 19.6 Å². The van der Waals surface area contributed by atoms with E-state index in [1.165, 1.54) is 0 Å². The number of hydrogen-bond acceptors (Lipinski definition) is 2. The van der Waals surface area contributed by atoms with Crippen LogP contribution in [0.25, 0.3) is 0 Å². The van der Waals surface area contributed by atoms with Crippen molar-refractivity contribution in [1.29, 1.82) is 0 Å². The molecule has 1 atom stereocenters. The minimum absolute atomic E-state index is 0.0209. The van der Waals surface area contributed by atoms with Crippen molar-refractivity contribution in [2.45, 2.75) is 11.2 Å². The van der Waals surface area contributed by atoms with E-state index in [9.17, 15) is 4.79 Å². The van der Waals surface area contributed by atoms with Gasteiger partial charge in [0.05, 0.1) is 11.9 Å². The molecule has 1 aliphatic rings. The Bertz CT molecular complexity index is 667. The predicted octanol–water partition coefficient (Wildman–Crippen LogP) is 3.47. The summed E-state index contributed by atoms with van der Waals surface area (Å²) in [5.74, 6) is 0.857. The second-order valence-corrected chi connectivity index (χ2v) is 5.97. The highest BCUT2D eigenvalue weighted by molar-refractivity contribution is 9.09. The number of carbonyl (C=O) groups is 1. The first-order chi connectivity index (χ1) is 10.2. The van der Waals surface area contributed by atoms with Crippen LogP contribution in [0.1, 0.15) is 31.9 Å². The number of halogens is 1. The third-order valence-electron chi connectivity index (χ3n) is 3.76. The molecule has 3 rings (SSSR count). The van der Waals surface area contributed by atoms with E-state index in [-0.39, 0.29) is 10.7 Å². The van der Waals surface area contributed by atoms with E-state index in [1.54, 1.807) is 7.11 Å². The first kappa shape index (κ1) is 14.1. The summed E-state index contributed by atoms with van der Waals surface area (Å²) in [5, 5.41) is 2.89. The maximum atomic E-state index is 11.9. The molecule has 21 heavy (non-hydrogen) atoms. The Morgan fingerprint density at radius 2 is 1.86 bits per heavy atom. The summed E-state index contributed by atoms with van der Waals surface area (Å²) >= 11 is 3.72. The quantitative estimate of drug-likeness (QED) is 0.865. The van der Waals surface area contributed by atoms with Crippen LogP contribution in [0.2, 0.25) is 0 Å². The van der Waals surface area contributed by atoms with Gasteiger partial charge in [-0.25, -0.2) is 0 Å². The molecule has 1 N–H and O–H groups in total. The van der Waals surface area contributed by atoms with E-state index >= 15 is 0 Å². The van der Waals surface area contributed by atoms with Gasteiger partial charge in [-0.3, -0.25) is 4.79 Å². The lowest BCUT2D eigenvalue weighted by atomic mass is 9.95. The Labute approximate surface area is 132 Å². The number of fused-ring (bicyclic) bond motifs is 1. The number of nitrogens with one attached hydrogen (secondary N) is 1. The molecule has 0 radical (unpaired) electrons. The van der Waals surface area contributed by atoms with Gasteiger partial charge in [-0.2, -0.15) is 0 Å². The van der Waals surface area contributed by atoms with Crippen molar-refractivity contribution < 1.29 is 9.53 Å². The lowest BCUT2D eigenvalue weighted by Crippen LogP contribution is -2.31. The van der Waals surface area contributed by atoms with Gasteiger partial charge in [-0.1, -0.05) is 40.2 Å². The molecule has 1 aliphatic heterocycles. The molecule has 1 unspecified atom stereocenters. The van der Waals surface area contributed by atoms with Gasteiger partial charge in [0.1, 0.15) is 5.75 Å². The van der Waals surface area contributed by atoms with Gasteiger partial charge in [-0.05, 0) is 41.3 Å². The molecule has 0 spiro atoms. The van der Waals surface area contributed by atoms with Gasteiger partial charge in [0, 0.05) is 12.1 Å². The highest BCUT2D eigenvalue weighted by Crippen LogP contribution is 2.33. The molecule has 0 saturated heterocycles. The lowest BCUT2D eigenvalue weighted by molar-refractivity contribution is 0.0946. The van der Waals surface area contributed by atoms with Crippen molar-refractivity contribution in [1.82, 2.24) is 5.32 Å². The summed E-state index contributed by atoms with van der Waals surface area (Å²) in [6.07, 6.45) is 0.900. The van der Waals surface area contributed by atoms with Gasteiger partial charge >= 0.3 is 0 Å². The molecule has 2 aromatic rings. The topological polar surface area (TPSA) is 38.3 Å². The van der Waals surface area contributed by atoms with Gasteiger partial charge in [0.25, 0.3) is 5.91 Å². The van der Waals surface area contributed by atoms with Crippen LogP contribution in [0.4, 0.5) is 0 Å². The summed E-state index contributed by atoms with van der Waals surface area (Å²) in [5.41, 5.74) is 4.12. The highest BCUT2D eigenvalue weighted by atomic mass is 79.9. The molecular formula is C17H16BrNO2. The zero-order valence-electron chi connectivity index (χ0n) is 11.7. The average molecular weight is 346 g/mol. The molecule has 0 aromatic heterocycles. The van der Waals surface area contributed by atoms with E-state index < -0.39 is 0 Å². The molecule has 1 heterocycles. The second-order valence-electron chi connectivity index (χ2n) is 5.06. The summed E-state index contributed by atoms with van der Waals surface area (Å²) in [6, 6.07) is 14.1. The fraction of sp³-hybridized carbons (Fsp3) is 0.235. The number of rotatable bonds is 3. The minimum atomic E-state index is 0.0209. The summed E-state index contributed by atoms with van der Waals surface area (Å²) < 4.78 is 5.17. The van der Waals surface area contributed by atoms with E-state index in [1.807, 2.05) is 30.3 Å². The summed E-state index contributed by atoms with van der Waals surface area (Å²) in [4.78, 5) is 12.0. The summed E-state index contributed by atoms with van der Waals surface area (Å²) in [7, 11) is 1.66. The number of benzene rings is 2. The van der Waals surface area contributed by atoms with Crippen molar-refractivity contribution in [2.75, 3.05) is 13.7 Å². The molecule has 1 amide bonds. The molecule has 0 bridgehead atoms. The van der Waals surface area contributed by atoms with Crippen LogP contribution < -0.4 is 10.1 Å². The smallest absolute Gasteiger partial charge is 0.251 e. The second kappa shape index (κ2) is 5.90. The zero-order valence-corrected chi connectivity index (χ0v) is 13.3. The van der Waals surface area contributed by atoms with Crippen molar-refractivity contribution in [3.63, 3.8) is 0 Å². The Morgan fingerprint density at radius 3 is 2.57 bits per heavy atom. The maximum Gasteiger partial charge on any atom is 0.251 e. The largest absolute Gasteiger partial charge is 0.497 e. The number of methoxy groups -OCH3 is 1. The van der Waals surface area contributed by atoms with Gasteiger partial charge < -0.3 is 10.1 Å².